The highest BCUT2D eigenvalue weighted by molar-refractivity contribution is 7.60. The van der Waals surface area contributed by atoms with Crippen molar-refractivity contribution in [1.82, 2.24) is 19.5 Å². The number of ether oxygens (including phenoxy) is 1. The number of anilines is 1. The molecular weight excluding hydrogens is 412 g/mol. The van der Waals surface area contributed by atoms with Crippen LogP contribution in [0.25, 0.3) is 11.2 Å². The fourth-order valence-corrected chi connectivity index (χ4v) is 4.08. The normalized spacial score (nSPS) is 28.5. The maximum atomic E-state index is 11.5. The molecule has 2 aromatic heterocycles. The third kappa shape index (κ3) is 4.33. The van der Waals surface area contributed by atoms with E-state index in [2.05, 4.69) is 23.8 Å². The van der Waals surface area contributed by atoms with Gasteiger partial charge in [0.1, 0.15) is 30.2 Å². The number of phosphoric ester groups is 1. The minimum atomic E-state index is -5.29. The predicted molar refractivity (Wildman–Crippen MR) is 84.6 cm³/mol. The van der Waals surface area contributed by atoms with Crippen LogP contribution in [-0.4, -0.2) is 69.3 Å². The Bertz CT molecular complexity index is 932. The second-order valence-electron chi connectivity index (χ2n) is 5.47. The van der Waals surface area contributed by atoms with Crippen molar-refractivity contribution >= 4 is 32.6 Å². The SMILES string of the molecule is Nc1ncnc2c1ncn2[C@@H]1OC(COP(=O)(O)OP(=O)(O)O)[C@@H](O)[C@H]1O. The van der Waals surface area contributed by atoms with Crippen LogP contribution in [0.4, 0.5) is 5.82 Å². The number of imidazole rings is 1. The smallest absolute Gasteiger partial charge is 0.387 e. The average molecular weight is 427 g/mol. The number of hydrogen-bond acceptors (Lipinski definition) is 11. The summed E-state index contributed by atoms with van der Waals surface area (Å²) in [6.07, 6.45) is -3.20. The van der Waals surface area contributed by atoms with Gasteiger partial charge in [0, 0.05) is 0 Å². The van der Waals surface area contributed by atoms with E-state index in [0.717, 1.165) is 6.33 Å². The molecule has 0 aliphatic carbocycles. The van der Waals surface area contributed by atoms with Crippen LogP contribution < -0.4 is 5.73 Å². The zero-order chi connectivity index (χ0) is 20.0. The van der Waals surface area contributed by atoms with Gasteiger partial charge in [0.05, 0.1) is 12.9 Å². The number of fused-ring (bicyclic) bond motifs is 1. The van der Waals surface area contributed by atoms with Crippen molar-refractivity contribution in [2.75, 3.05) is 12.3 Å². The molecule has 0 spiro atoms. The van der Waals surface area contributed by atoms with Gasteiger partial charge in [0.15, 0.2) is 17.7 Å². The molecule has 0 aromatic carbocycles. The first-order valence-corrected chi connectivity index (χ1v) is 10.2. The molecule has 1 saturated heterocycles. The molecule has 2 unspecified atom stereocenters. The van der Waals surface area contributed by atoms with Gasteiger partial charge in [-0.3, -0.25) is 9.09 Å². The molecule has 150 valence electrons. The third-order valence-corrected chi connectivity index (χ3v) is 5.76. The molecule has 5 atom stereocenters. The molecule has 0 saturated carbocycles. The van der Waals surface area contributed by atoms with Crippen LogP contribution in [0, 0.1) is 0 Å². The number of nitrogens with zero attached hydrogens (tertiary/aromatic N) is 4. The minimum absolute atomic E-state index is 0.0856. The standard InChI is InChI=1S/C10H15N5O10P2/c11-8-5-9(13-2-12-8)15(3-14-5)10-7(17)6(16)4(24-10)1-23-27(21,22)25-26(18,19)20/h2-4,6-7,10,16-17H,1H2,(H,21,22)(H2,11,12,13)(H2,18,19,20)/t4?,6-,7-,10-/m1/s1. The number of aromatic nitrogens is 4. The van der Waals surface area contributed by atoms with Crippen LogP contribution in [0.5, 0.6) is 0 Å². The lowest BCUT2D eigenvalue weighted by atomic mass is 10.1. The summed E-state index contributed by atoms with van der Waals surface area (Å²) in [6, 6.07) is 0. The lowest BCUT2D eigenvalue weighted by Gasteiger charge is -2.17. The summed E-state index contributed by atoms with van der Waals surface area (Å²) >= 11 is 0. The number of nitrogen functional groups attached to an aromatic ring is 1. The molecule has 7 N–H and O–H groups in total. The molecule has 0 bridgehead atoms. The summed E-state index contributed by atoms with van der Waals surface area (Å²) in [5, 5.41) is 20.3. The summed E-state index contributed by atoms with van der Waals surface area (Å²) < 4.78 is 36.8. The molecule has 1 aliphatic rings. The van der Waals surface area contributed by atoms with Crippen LogP contribution in [0.1, 0.15) is 6.23 Å². The summed E-state index contributed by atoms with van der Waals surface area (Å²) in [5.41, 5.74) is 6.11. The van der Waals surface area contributed by atoms with Gasteiger partial charge in [0.25, 0.3) is 0 Å². The highest BCUT2D eigenvalue weighted by Crippen LogP contribution is 2.57. The van der Waals surface area contributed by atoms with Crippen LogP contribution in [0.3, 0.4) is 0 Å². The monoisotopic (exact) mass is 427 g/mol. The van der Waals surface area contributed by atoms with E-state index in [9.17, 15) is 24.2 Å². The molecular formula is C10H15N5O10P2. The maximum absolute atomic E-state index is 11.5. The van der Waals surface area contributed by atoms with E-state index in [1.165, 1.54) is 10.9 Å². The Balaban J connectivity index is 1.75. The van der Waals surface area contributed by atoms with Crippen LogP contribution in [0.15, 0.2) is 12.7 Å². The second kappa shape index (κ2) is 7.14. The van der Waals surface area contributed by atoms with E-state index in [-0.39, 0.29) is 17.0 Å². The Labute approximate surface area is 150 Å². The summed E-state index contributed by atoms with van der Waals surface area (Å²) in [6.45, 7) is -0.813. The van der Waals surface area contributed by atoms with Gasteiger partial charge in [-0.05, 0) is 0 Å². The molecule has 27 heavy (non-hydrogen) atoms. The van der Waals surface area contributed by atoms with Gasteiger partial charge in [-0.2, -0.15) is 4.31 Å². The highest BCUT2D eigenvalue weighted by Gasteiger charge is 2.46. The van der Waals surface area contributed by atoms with Crippen molar-refractivity contribution in [2.45, 2.75) is 24.5 Å². The van der Waals surface area contributed by atoms with Crippen molar-refractivity contribution in [3.05, 3.63) is 12.7 Å². The van der Waals surface area contributed by atoms with Gasteiger partial charge in [-0.25, -0.2) is 24.1 Å². The van der Waals surface area contributed by atoms with Gasteiger partial charge in [-0.15, -0.1) is 0 Å². The maximum Gasteiger partial charge on any atom is 0.481 e. The van der Waals surface area contributed by atoms with Gasteiger partial charge >= 0.3 is 15.6 Å². The van der Waals surface area contributed by atoms with E-state index >= 15 is 0 Å². The Morgan fingerprint density at radius 1 is 1.19 bits per heavy atom. The Hall–Kier alpha value is -1.51. The third-order valence-electron chi connectivity index (χ3n) is 3.61. The predicted octanol–water partition coefficient (Wildman–Crippen LogP) is -1.75. The van der Waals surface area contributed by atoms with Crippen molar-refractivity contribution < 1.29 is 47.6 Å². The average Bonchev–Trinajstić information content (AvgIpc) is 3.07. The lowest BCUT2D eigenvalue weighted by molar-refractivity contribution is -0.0503. The van der Waals surface area contributed by atoms with Gasteiger partial charge in [0.2, 0.25) is 0 Å². The Kier molecular flexibility index (Phi) is 5.35. The molecule has 2 aromatic rings. The van der Waals surface area contributed by atoms with Crippen LogP contribution in [0.2, 0.25) is 0 Å². The number of hydrogen-bond donors (Lipinski definition) is 6. The molecule has 0 amide bonds. The topological polar surface area (TPSA) is 233 Å². The van der Waals surface area contributed by atoms with Gasteiger partial charge < -0.3 is 35.4 Å². The Morgan fingerprint density at radius 3 is 2.56 bits per heavy atom. The first-order valence-electron chi connectivity index (χ1n) is 7.17. The first kappa shape index (κ1) is 20.2. The minimum Gasteiger partial charge on any atom is -0.387 e. The van der Waals surface area contributed by atoms with Crippen LogP contribution in [-0.2, 0) is 22.7 Å². The quantitative estimate of drug-likeness (QED) is 0.281. The highest BCUT2D eigenvalue weighted by atomic mass is 31.3. The summed E-state index contributed by atoms with van der Waals surface area (Å²) in [7, 11) is -10.4. The summed E-state index contributed by atoms with van der Waals surface area (Å²) in [5.74, 6) is 0.0856. The van der Waals surface area contributed by atoms with E-state index < -0.39 is 46.8 Å². The lowest BCUT2D eigenvalue weighted by Crippen LogP contribution is -2.33. The zero-order valence-corrected chi connectivity index (χ0v) is 15.0. The number of rotatable bonds is 6. The molecule has 15 nitrogen and oxygen atoms in total. The molecule has 17 heteroatoms. The van der Waals surface area contributed by atoms with Crippen molar-refractivity contribution in [3.63, 3.8) is 0 Å². The van der Waals surface area contributed by atoms with E-state index in [1.807, 2.05) is 0 Å². The number of aliphatic hydroxyl groups is 2. The number of nitrogens with two attached hydrogens (primary N) is 1. The fraction of sp³-hybridized carbons (Fsp3) is 0.500. The molecule has 1 fully saturated rings. The number of phosphoric acid groups is 2. The van der Waals surface area contributed by atoms with E-state index in [4.69, 9.17) is 20.3 Å². The molecule has 0 radical (unpaired) electrons. The molecule has 3 heterocycles. The van der Waals surface area contributed by atoms with Gasteiger partial charge in [-0.1, -0.05) is 0 Å². The number of aliphatic hydroxyl groups excluding tert-OH is 2. The van der Waals surface area contributed by atoms with Crippen molar-refractivity contribution in [3.8, 4) is 0 Å². The van der Waals surface area contributed by atoms with E-state index in [0.29, 0.717) is 0 Å². The first-order chi connectivity index (χ1) is 12.5. The molecule has 3 rings (SSSR count). The van der Waals surface area contributed by atoms with Crippen LogP contribution >= 0.6 is 15.6 Å². The zero-order valence-electron chi connectivity index (χ0n) is 13.2. The fourth-order valence-electron chi connectivity index (χ4n) is 2.48. The van der Waals surface area contributed by atoms with E-state index in [1.54, 1.807) is 0 Å². The second-order valence-corrected chi connectivity index (χ2v) is 8.30. The van der Waals surface area contributed by atoms with Crippen molar-refractivity contribution in [1.29, 1.82) is 0 Å². The largest absolute Gasteiger partial charge is 0.481 e. The summed E-state index contributed by atoms with van der Waals surface area (Å²) in [4.78, 5) is 38.1. The molecule has 1 aliphatic heterocycles. The Morgan fingerprint density at radius 2 is 1.89 bits per heavy atom. The van der Waals surface area contributed by atoms with Crippen molar-refractivity contribution in [2.24, 2.45) is 0 Å².